The second-order valence-electron chi connectivity index (χ2n) is 15.0. The van der Waals surface area contributed by atoms with Gasteiger partial charge >= 0.3 is 5.63 Å². The van der Waals surface area contributed by atoms with Gasteiger partial charge in [-0.1, -0.05) is 24.3 Å². The van der Waals surface area contributed by atoms with E-state index in [0.717, 1.165) is 0 Å². The van der Waals surface area contributed by atoms with E-state index >= 15 is 0 Å². The SMILES string of the molecule is CO[C@H]1[C@H](O)[C@@H](O[C@H]2[C@H](O[C@@H]3[C@@H](Oc4cccc5c(O)c6c(=N)c(=O)c7ccc(C)c8c(=O)oc(c45)c6c78)O[C@@H](C)[C@H](O)[C@H]3O)O[C@H](C)[C@@H](O)[C@H]2O)O[C@H](C)[C@H]1O. The van der Waals surface area contributed by atoms with Crippen molar-refractivity contribution in [3.8, 4) is 11.5 Å². The third-order valence-electron chi connectivity index (χ3n) is 11.5. The average Bonchev–Trinajstić information content (AvgIpc) is 3.17. The molecule has 0 radical (unpaired) electrons. The van der Waals surface area contributed by atoms with Crippen LogP contribution in [0.3, 0.4) is 0 Å². The van der Waals surface area contributed by atoms with Crippen LogP contribution in [0.5, 0.6) is 11.5 Å². The van der Waals surface area contributed by atoms with E-state index in [1.807, 2.05) is 0 Å². The summed E-state index contributed by atoms with van der Waals surface area (Å²) in [6.45, 7) is 6.09. The van der Waals surface area contributed by atoms with Crippen LogP contribution in [0.15, 0.2) is 44.3 Å². The molecule has 0 spiro atoms. The van der Waals surface area contributed by atoms with E-state index in [-0.39, 0.29) is 49.0 Å². The first-order valence-electron chi connectivity index (χ1n) is 18.4. The molecule has 3 saturated heterocycles. The van der Waals surface area contributed by atoms with Gasteiger partial charge in [-0.25, -0.2) is 4.79 Å². The molecule has 8 rings (SSSR count). The predicted octanol–water partition coefficient (Wildman–Crippen LogP) is -0.454. The number of aromatic hydroxyl groups is 1. The van der Waals surface area contributed by atoms with Crippen molar-refractivity contribution in [3.05, 3.63) is 61.9 Å². The van der Waals surface area contributed by atoms with E-state index < -0.39 is 114 Å². The number of aliphatic hydroxyl groups excluding tert-OH is 6. The molecule has 0 unspecified atom stereocenters. The Balaban J connectivity index is 1.21. The summed E-state index contributed by atoms with van der Waals surface area (Å²) in [5.74, 6) is -0.520. The summed E-state index contributed by atoms with van der Waals surface area (Å²) < 4.78 is 47.4. The lowest BCUT2D eigenvalue weighted by molar-refractivity contribution is -0.384. The zero-order chi connectivity index (χ0) is 40.9. The number of phenols is 1. The van der Waals surface area contributed by atoms with Crippen LogP contribution in [-0.2, 0) is 28.4 Å². The van der Waals surface area contributed by atoms with Gasteiger partial charge in [0.1, 0.15) is 65.7 Å². The Kier molecular flexibility index (Phi) is 10.2. The van der Waals surface area contributed by atoms with E-state index in [1.165, 1.54) is 52.1 Å². The van der Waals surface area contributed by atoms with Crippen molar-refractivity contribution in [3.63, 3.8) is 0 Å². The van der Waals surface area contributed by atoms with Crippen molar-refractivity contribution in [1.82, 2.24) is 0 Å². The fourth-order valence-corrected chi connectivity index (χ4v) is 8.27. The van der Waals surface area contributed by atoms with Gasteiger partial charge < -0.3 is 73.3 Å². The summed E-state index contributed by atoms with van der Waals surface area (Å²) in [6, 6.07) is 7.50. The Morgan fingerprint density at radius 1 is 0.632 bits per heavy atom. The predicted molar refractivity (Wildman–Crippen MR) is 196 cm³/mol. The molecule has 1 aromatic heterocycles. The highest BCUT2D eigenvalue weighted by molar-refractivity contribution is 6.29. The topological polar surface area (TPSA) is 277 Å². The smallest absolute Gasteiger partial charge is 0.344 e. The number of rotatable bonds is 7. The van der Waals surface area contributed by atoms with Gasteiger partial charge in [-0.2, -0.15) is 0 Å². The van der Waals surface area contributed by atoms with Crippen molar-refractivity contribution >= 4 is 43.3 Å². The van der Waals surface area contributed by atoms with Crippen LogP contribution in [0.2, 0.25) is 0 Å². The number of nitrogens with one attached hydrogen (secondary N) is 1. The molecular weight excluding hydrogens is 754 g/mol. The highest BCUT2D eigenvalue weighted by Gasteiger charge is 2.53. The van der Waals surface area contributed by atoms with Crippen LogP contribution in [0, 0.1) is 12.3 Å². The Hall–Kier alpha value is -4.15. The highest BCUT2D eigenvalue weighted by Crippen LogP contribution is 2.45. The second-order valence-corrected chi connectivity index (χ2v) is 15.0. The Morgan fingerprint density at radius 3 is 1.89 bits per heavy atom. The maximum Gasteiger partial charge on any atom is 0.344 e. The molecule has 57 heavy (non-hydrogen) atoms. The van der Waals surface area contributed by atoms with E-state index in [2.05, 4.69) is 0 Å². The molecule has 0 aliphatic carbocycles. The molecule has 0 bridgehead atoms. The van der Waals surface area contributed by atoms with Crippen molar-refractivity contribution in [1.29, 1.82) is 5.41 Å². The third-order valence-corrected chi connectivity index (χ3v) is 11.5. The third kappa shape index (κ3) is 6.14. The molecule has 18 heteroatoms. The molecule has 3 aliphatic rings. The van der Waals surface area contributed by atoms with Crippen molar-refractivity contribution in [2.24, 2.45) is 0 Å². The summed E-state index contributed by atoms with van der Waals surface area (Å²) in [5, 5.41) is 86.3. The Bertz CT molecular complexity index is 2500. The van der Waals surface area contributed by atoms with Crippen molar-refractivity contribution in [2.45, 2.75) is 120 Å². The minimum absolute atomic E-state index is 0.0443. The molecule has 0 saturated carbocycles. The van der Waals surface area contributed by atoms with Crippen LogP contribution in [-0.4, -0.2) is 135 Å². The number of hydrogen-bond donors (Lipinski definition) is 8. The molecule has 15 atom stereocenters. The number of aryl methyl sites for hydroxylation is 1. The molecule has 5 aromatic rings. The number of benzene rings is 4. The largest absolute Gasteiger partial charge is 0.507 e. The molecule has 3 aliphatic heterocycles. The van der Waals surface area contributed by atoms with Gasteiger partial charge in [-0.05, 0) is 39.3 Å². The zero-order valence-corrected chi connectivity index (χ0v) is 31.3. The molecule has 3 fully saturated rings. The summed E-state index contributed by atoms with van der Waals surface area (Å²) in [6.07, 6.45) is -21.6. The molecule has 4 aromatic carbocycles. The lowest BCUT2D eigenvalue weighted by Crippen LogP contribution is -2.66. The number of fused-ring (bicyclic) bond motifs is 2. The van der Waals surface area contributed by atoms with Crippen LogP contribution >= 0.6 is 0 Å². The maximum absolute atomic E-state index is 13.6. The van der Waals surface area contributed by atoms with Gasteiger partial charge in [0.25, 0.3) is 0 Å². The fourth-order valence-electron chi connectivity index (χ4n) is 8.27. The Labute approximate surface area is 322 Å². The number of aliphatic hydroxyl groups is 6. The summed E-state index contributed by atoms with van der Waals surface area (Å²) >= 11 is 0. The minimum Gasteiger partial charge on any atom is -0.507 e. The van der Waals surface area contributed by atoms with Crippen LogP contribution in [0.1, 0.15) is 26.3 Å². The zero-order valence-electron chi connectivity index (χ0n) is 31.3. The normalized spacial score (nSPS) is 36.4. The quantitative estimate of drug-likeness (QED) is 0.0588. The number of methoxy groups -OCH3 is 1. The van der Waals surface area contributed by atoms with E-state index in [9.17, 15) is 45.3 Å². The lowest BCUT2D eigenvalue weighted by Gasteiger charge is -2.48. The van der Waals surface area contributed by atoms with E-state index in [1.54, 1.807) is 13.0 Å². The average molecular weight is 798 g/mol. The molecular formula is C39H43NO17. The molecule has 0 amide bonds. The second kappa shape index (κ2) is 14.6. The van der Waals surface area contributed by atoms with Crippen LogP contribution in [0.4, 0.5) is 0 Å². The van der Waals surface area contributed by atoms with Gasteiger partial charge in [-0.3, -0.25) is 10.2 Å². The van der Waals surface area contributed by atoms with Crippen molar-refractivity contribution in [2.75, 3.05) is 7.11 Å². The standard InChI is InChI=1S/C39H43NO17/c1-11-9-10-16-20-18(11)36(49)55-32-19-15(27(44)22(21(20)32)23(40)28(16)45)7-6-8-17(19)54-38-34(29(46)24(41)12(2)52-38)57-39-35(30(47)25(42)13(3)53-39)56-37-31(48)33(50-5)26(43)14(4)51-37/h6-10,12-14,24-26,29-31,33-35,37-44,46-48H,1-5H3/t12-,13+,14+,24-,25+,26+,29+,30+,31-,33+,34-,35+,37+,38+,39-/m0/s1. The fraction of sp³-hybridized carbons (Fsp3) is 0.513. The molecule has 306 valence electrons. The highest BCUT2D eigenvalue weighted by atomic mass is 16.8. The first-order valence-corrected chi connectivity index (χ1v) is 18.4. The van der Waals surface area contributed by atoms with E-state index in [0.29, 0.717) is 5.56 Å². The van der Waals surface area contributed by atoms with Gasteiger partial charge in [-0.15, -0.1) is 0 Å². The number of phenolic OH excluding ortho intramolecular Hbond substituents is 1. The summed E-state index contributed by atoms with van der Waals surface area (Å²) in [7, 11) is 1.27. The monoisotopic (exact) mass is 797 g/mol. The van der Waals surface area contributed by atoms with Crippen LogP contribution < -0.4 is 21.1 Å². The van der Waals surface area contributed by atoms with Crippen LogP contribution in [0.25, 0.3) is 43.3 Å². The van der Waals surface area contributed by atoms with Crippen molar-refractivity contribution < 1.29 is 73.3 Å². The number of ether oxygens (including phenoxy) is 7. The maximum atomic E-state index is 13.6. The van der Waals surface area contributed by atoms with E-state index in [4.69, 9.17) is 43.0 Å². The lowest BCUT2D eigenvalue weighted by atomic mass is 9.92. The first-order chi connectivity index (χ1) is 27.0. The Morgan fingerprint density at radius 2 is 1.23 bits per heavy atom. The summed E-state index contributed by atoms with van der Waals surface area (Å²) in [5.41, 5.74) is -1.07. The van der Waals surface area contributed by atoms with Gasteiger partial charge in [0.15, 0.2) is 24.3 Å². The molecule has 8 N–H and O–H groups in total. The molecule has 18 nitrogen and oxygen atoms in total. The van der Waals surface area contributed by atoms with Gasteiger partial charge in [0.2, 0.25) is 11.7 Å². The summed E-state index contributed by atoms with van der Waals surface area (Å²) in [4.78, 5) is 27.0. The minimum atomic E-state index is -1.75. The first kappa shape index (κ1) is 39.7. The number of hydrogen-bond acceptors (Lipinski definition) is 18. The van der Waals surface area contributed by atoms with Gasteiger partial charge in [0, 0.05) is 28.7 Å². The van der Waals surface area contributed by atoms with Gasteiger partial charge in [0.05, 0.1) is 34.5 Å². The molecule has 4 heterocycles.